The van der Waals surface area contributed by atoms with Crippen molar-refractivity contribution in [3.05, 3.63) is 102 Å². The zero-order chi connectivity index (χ0) is 22.5. The van der Waals surface area contributed by atoms with E-state index in [0.717, 1.165) is 38.0 Å². The van der Waals surface area contributed by atoms with E-state index in [1.54, 1.807) is 6.20 Å². The Hall–Kier alpha value is -3.70. The molecular formula is C28H27N3O2. The van der Waals surface area contributed by atoms with Crippen molar-refractivity contribution in [2.45, 2.75) is 25.4 Å². The zero-order valence-electron chi connectivity index (χ0n) is 18.5. The largest absolute Gasteiger partial charge is 0.436 e. The highest BCUT2D eigenvalue weighted by Gasteiger charge is 2.23. The molecule has 0 spiro atoms. The molecule has 0 unspecified atom stereocenters. The Morgan fingerprint density at radius 1 is 0.909 bits per heavy atom. The minimum absolute atomic E-state index is 0.0772. The predicted octanol–water partition coefficient (Wildman–Crippen LogP) is 5.40. The fraction of sp³-hybridized carbons (Fsp3) is 0.214. The van der Waals surface area contributed by atoms with Crippen LogP contribution >= 0.6 is 0 Å². The van der Waals surface area contributed by atoms with Crippen molar-refractivity contribution in [1.29, 1.82) is 0 Å². The molecule has 0 atom stereocenters. The zero-order valence-corrected chi connectivity index (χ0v) is 18.5. The molecule has 1 aliphatic rings. The Bertz CT molecular complexity index is 1200. The number of likely N-dealkylation sites (tertiary alicyclic amines) is 1. The van der Waals surface area contributed by atoms with Crippen molar-refractivity contribution in [3.8, 4) is 22.8 Å². The molecule has 33 heavy (non-hydrogen) atoms. The van der Waals surface area contributed by atoms with Crippen molar-refractivity contribution < 1.29 is 9.21 Å². The van der Waals surface area contributed by atoms with E-state index in [2.05, 4.69) is 39.5 Å². The SMILES string of the molecule is O=C(NC1CCN(Cc2ccccc2)CC1)c1ccccc1-c1ncc(-c2ccccc2)o1. The average Bonchev–Trinajstić information content (AvgIpc) is 3.37. The van der Waals surface area contributed by atoms with Gasteiger partial charge in [0.1, 0.15) is 0 Å². The van der Waals surface area contributed by atoms with Crippen LogP contribution in [-0.4, -0.2) is 34.9 Å². The van der Waals surface area contributed by atoms with Crippen LogP contribution in [0.3, 0.4) is 0 Å². The van der Waals surface area contributed by atoms with Crippen molar-refractivity contribution >= 4 is 5.91 Å². The quantitative estimate of drug-likeness (QED) is 0.439. The van der Waals surface area contributed by atoms with Crippen LogP contribution in [0.25, 0.3) is 22.8 Å². The van der Waals surface area contributed by atoms with Gasteiger partial charge in [-0.25, -0.2) is 4.98 Å². The number of nitrogens with zero attached hydrogens (tertiary/aromatic N) is 2. The summed E-state index contributed by atoms with van der Waals surface area (Å²) in [7, 11) is 0. The Morgan fingerprint density at radius 3 is 2.33 bits per heavy atom. The van der Waals surface area contributed by atoms with Gasteiger partial charge in [-0.2, -0.15) is 0 Å². The molecule has 5 rings (SSSR count). The van der Waals surface area contributed by atoms with E-state index in [1.807, 2.05) is 60.7 Å². The Labute approximate surface area is 194 Å². The second-order valence-corrected chi connectivity index (χ2v) is 8.45. The van der Waals surface area contributed by atoms with Gasteiger partial charge >= 0.3 is 0 Å². The second kappa shape index (κ2) is 9.84. The van der Waals surface area contributed by atoms with Gasteiger partial charge in [0.15, 0.2) is 5.76 Å². The van der Waals surface area contributed by atoms with E-state index in [1.165, 1.54) is 5.56 Å². The lowest BCUT2D eigenvalue weighted by atomic mass is 10.0. The summed E-state index contributed by atoms with van der Waals surface area (Å²) in [5, 5.41) is 3.23. The van der Waals surface area contributed by atoms with Crippen LogP contribution in [0.5, 0.6) is 0 Å². The van der Waals surface area contributed by atoms with Crippen LogP contribution in [0.1, 0.15) is 28.8 Å². The minimum Gasteiger partial charge on any atom is -0.436 e. The Morgan fingerprint density at radius 2 is 1.58 bits per heavy atom. The van der Waals surface area contributed by atoms with Gasteiger partial charge in [-0.1, -0.05) is 72.8 Å². The first-order valence-electron chi connectivity index (χ1n) is 11.4. The first kappa shape index (κ1) is 21.2. The molecule has 1 saturated heterocycles. The molecule has 0 saturated carbocycles. The van der Waals surface area contributed by atoms with Crippen LogP contribution < -0.4 is 5.32 Å². The summed E-state index contributed by atoms with van der Waals surface area (Å²) in [6.45, 7) is 2.90. The normalized spacial score (nSPS) is 14.8. The third kappa shape index (κ3) is 5.04. The summed E-state index contributed by atoms with van der Waals surface area (Å²) in [5.41, 5.74) is 3.58. The monoisotopic (exact) mass is 437 g/mol. The number of nitrogens with one attached hydrogen (secondary N) is 1. The first-order valence-corrected chi connectivity index (χ1v) is 11.4. The van der Waals surface area contributed by atoms with Crippen LogP contribution in [-0.2, 0) is 6.54 Å². The lowest BCUT2D eigenvalue weighted by molar-refractivity contribution is 0.0909. The average molecular weight is 438 g/mol. The number of rotatable bonds is 6. The van der Waals surface area contributed by atoms with Crippen LogP contribution in [0.4, 0.5) is 0 Å². The molecule has 0 aliphatic carbocycles. The number of hydrogen-bond acceptors (Lipinski definition) is 4. The molecule has 4 aromatic rings. The van der Waals surface area contributed by atoms with Gasteiger partial charge in [0.2, 0.25) is 5.89 Å². The molecule has 3 aromatic carbocycles. The van der Waals surface area contributed by atoms with Gasteiger partial charge in [-0.15, -0.1) is 0 Å². The smallest absolute Gasteiger partial charge is 0.252 e. The van der Waals surface area contributed by atoms with E-state index in [4.69, 9.17) is 4.42 Å². The summed E-state index contributed by atoms with van der Waals surface area (Å²) in [4.78, 5) is 20.1. The van der Waals surface area contributed by atoms with Crippen LogP contribution in [0, 0.1) is 0 Å². The van der Waals surface area contributed by atoms with E-state index in [0.29, 0.717) is 22.8 Å². The fourth-order valence-corrected chi connectivity index (χ4v) is 4.34. The first-order chi connectivity index (χ1) is 16.3. The molecule has 1 fully saturated rings. The molecule has 0 bridgehead atoms. The molecule has 1 aromatic heterocycles. The number of aromatic nitrogens is 1. The predicted molar refractivity (Wildman–Crippen MR) is 130 cm³/mol. The molecule has 1 N–H and O–H groups in total. The maximum Gasteiger partial charge on any atom is 0.252 e. The fourth-order valence-electron chi connectivity index (χ4n) is 4.34. The summed E-state index contributed by atoms with van der Waals surface area (Å²) in [6, 6.07) is 28.1. The lowest BCUT2D eigenvalue weighted by Crippen LogP contribution is -2.44. The third-order valence-electron chi connectivity index (χ3n) is 6.14. The van der Waals surface area contributed by atoms with Crippen LogP contribution in [0.15, 0.2) is 95.5 Å². The third-order valence-corrected chi connectivity index (χ3v) is 6.14. The van der Waals surface area contributed by atoms with Gasteiger partial charge in [0.05, 0.1) is 11.8 Å². The molecule has 5 heteroatoms. The summed E-state index contributed by atoms with van der Waals surface area (Å²) in [5.74, 6) is 1.07. The lowest BCUT2D eigenvalue weighted by Gasteiger charge is -2.32. The molecule has 2 heterocycles. The number of carbonyl (C=O) groups is 1. The van der Waals surface area contributed by atoms with E-state index < -0.39 is 0 Å². The Balaban J connectivity index is 1.24. The number of oxazole rings is 1. The van der Waals surface area contributed by atoms with E-state index >= 15 is 0 Å². The molecule has 5 nitrogen and oxygen atoms in total. The van der Waals surface area contributed by atoms with Gasteiger partial charge in [-0.3, -0.25) is 9.69 Å². The number of piperidine rings is 1. The van der Waals surface area contributed by atoms with Gasteiger partial charge in [-0.05, 0) is 30.5 Å². The van der Waals surface area contributed by atoms with E-state index in [9.17, 15) is 4.79 Å². The highest BCUT2D eigenvalue weighted by molar-refractivity contribution is 6.00. The van der Waals surface area contributed by atoms with Gasteiger partial charge in [0, 0.05) is 36.8 Å². The number of carbonyl (C=O) groups excluding carboxylic acids is 1. The second-order valence-electron chi connectivity index (χ2n) is 8.45. The molecule has 166 valence electrons. The maximum absolute atomic E-state index is 13.2. The summed E-state index contributed by atoms with van der Waals surface area (Å²) < 4.78 is 6.01. The summed E-state index contributed by atoms with van der Waals surface area (Å²) >= 11 is 0. The molecular weight excluding hydrogens is 410 g/mol. The van der Waals surface area contributed by atoms with Crippen molar-refractivity contribution in [2.24, 2.45) is 0 Å². The van der Waals surface area contributed by atoms with Gasteiger partial charge < -0.3 is 9.73 Å². The molecule has 1 aliphatic heterocycles. The standard InChI is InChI=1S/C28H27N3O2/c32-27(30-23-15-17-31(18-16-23)20-21-9-3-1-4-10-21)24-13-7-8-14-25(24)28-29-19-26(33-28)22-11-5-2-6-12-22/h1-14,19,23H,15-18,20H2,(H,30,32). The van der Waals surface area contributed by atoms with Crippen molar-refractivity contribution in [3.63, 3.8) is 0 Å². The van der Waals surface area contributed by atoms with Gasteiger partial charge in [0.25, 0.3) is 5.91 Å². The topological polar surface area (TPSA) is 58.4 Å². The number of hydrogen-bond donors (Lipinski definition) is 1. The number of benzene rings is 3. The highest BCUT2D eigenvalue weighted by Crippen LogP contribution is 2.28. The number of amides is 1. The van der Waals surface area contributed by atoms with Crippen molar-refractivity contribution in [2.75, 3.05) is 13.1 Å². The maximum atomic E-state index is 13.2. The van der Waals surface area contributed by atoms with Crippen molar-refractivity contribution in [1.82, 2.24) is 15.2 Å². The van der Waals surface area contributed by atoms with Crippen LogP contribution in [0.2, 0.25) is 0 Å². The molecule has 1 amide bonds. The van der Waals surface area contributed by atoms with E-state index in [-0.39, 0.29) is 11.9 Å². The highest BCUT2D eigenvalue weighted by atomic mass is 16.4. The molecule has 0 radical (unpaired) electrons. The minimum atomic E-state index is -0.0772. The Kier molecular flexibility index (Phi) is 6.31. The summed E-state index contributed by atoms with van der Waals surface area (Å²) in [6.07, 6.45) is 3.59.